The Balaban J connectivity index is 1.66. The number of carbonyl (C=O) groups excluding carboxylic acids is 1. The van der Waals surface area contributed by atoms with Crippen LogP contribution in [0.5, 0.6) is 0 Å². The van der Waals surface area contributed by atoms with Gasteiger partial charge < -0.3 is 10.4 Å². The number of carboxylic acids is 1. The first-order chi connectivity index (χ1) is 16.3. The second kappa shape index (κ2) is 9.83. The fourth-order valence-corrected chi connectivity index (χ4v) is 3.79. The summed E-state index contributed by atoms with van der Waals surface area (Å²) in [6.45, 7) is 5.98. The number of aryl methyl sites for hydroxylation is 3. The van der Waals surface area contributed by atoms with Crippen molar-refractivity contribution in [3.63, 3.8) is 0 Å². The van der Waals surface area contributed by atoms with Crippen LogP contribution in [0.4, 0.5) is 0 Å². The van der Waals surface area contributed by atoms with Crippen LogP contribution in [-0.4, -0.2) is 27.0 Å². The van der Waals surface area contributed by atoms with Gasteiger partial charge in [-0.05, 0) is 44.5 Å². The zero-order valence-corrected chi connectivity index (χ0v) is 19.5. The third kappa shape index (κ3) is 5.29. The third-order valence-electron chi connectivity index (χ3n) is 5.82. The molecule has 6 nitrogen and oxygen atoms in total. The Morgan fingerprint density at radius 2 is 1.53 bits per heavy atom. The molecule has 2 N–H and O–H groups in total. The number of carbonyl (C=O) groups is 2. The van der Waals surface area contributed by atoms with Gasteiger partial charge in [0.15, 0.2) is 0 Å². The minimum absolute atomic E-state index is 0.0483. The summed E-state index contributed by atoms with van der Waals surface area (Å²) >= 11 is 0. The number of hydrogen-bond donors (Lipinski definition) is 2. The number of nitrogens with zero attached hydrogens (tertiary/aromatic N) is 2. The van der Waals surface area contributed by atoms with E-state index < -0.39 is 5.97 Å². The number of fused-ring (bicyclic) bond motifs is 1. The Morgan fingerprint density at radius 3 is 2.18 bits per heavy atom. The van der Waals surface area contributed by atoms with Gasteiger partial charge in [-0.15, -0.1) is 0 Å². The Labute approximate surface area is 198 Å². The van der Waals surface area contributed by atoms with Crippen LogP contribution in [0.25, 0.3) is 22.3 Å². The van der Waals surface area contributed by atoms with E-state index in [0.717, 1.165) is 16.7 Å². The highest BCUT2D eigenvalue weighted by Gasteiger charge is 2.16. The van der Waals surface area contributed by atoms with Gasteiger partial charge in [0.25, 0.3) is 5.91 Å². The third-order valence-corrected chi connectivity index (χ3v) is 5.82. The van der Waals surface area contributed by atoms with E-state index in [1.807, 2.05) is 69.3 Å². The molecule has 1 unspecified atom stereocenters. The number of nitrogens with one attached hydrogen (secondary N) is 1. The molecule has 34 heavy (non-hydrogen) atoms. The quantitative estimate of drug-likeness (QED) is 0.390. The number of aliphatic carboxylic acids is 1. The van der Waals surface area contributed by atoms with Crippen molar-refractivity contribution in [1.29, 1.82) is 0 Å². The smallest absolute Gasteiger partial charge is 0.303 e. The van der Waals surface area contributed by atoms with Gasteiger partial charge in [-0.2, -0.15) is 0 Å². The molecule has 1 aromatic heterocycles. The predicted molar refractivity (Wildman–Crippen MR) is 133 cm³/mol. The molecule has 0 bridgehead atoms. The summed E-state index contributed by atoms with van der Waals surface area (Å²) in [5.74, 6) is -1.10. The van der Waals surface area contributed by atoms with Crippen molar-refractivity contribution in [3.05, 3.63) is 94.7 Å². The maximum absolute atomic E-state index is 12.9. The molecule has 0 saturated carbocycles. The summed E-state index contributed by atoms with van der Waals surface area (Å²) in [6, 6.07) is 21.1. The Kier molecular flexibility index (Phi) is 6.68. The van der Waals surface area contributed by atoms with Crippen molar-refractivity contribution in [2.45, 2.75) is 39.7 Å². The van der Waals surface area contributed by atoms with Gasteiger partial charge in [0.2, 0.25) is 0 Å². The number of amides is 1. The van der Waals surface area contributed by atoms with E-state index in [0.29, 0.717) is 28.0 Å². The van der Waals surface area contributed by atoms with E-state index in [4.69, 9.17) is 9.97 Å². The summed E-state index contributed by atoms with van der Waals surface area (Å²) < 4.78 is 0. The highest BCUT2D eigenvalue weighted by molar-refractivity contribution is 5.97. The van der Waals surface area contributed by atoms with Gasteiger partial charge in [-0.1, -0.05) is 59.7 Å². The van der Waals surface area contributed by atoms with Crippen LogP contribution in [0, 0.1) is 13.8 Å². The van der Waals surface area contributed by atoms with E-state index >= 15 is 0 Å². The highest BCUT2D eigenvalue weighted by atomic mass is 16.4. The first-order valence-electron chi connectivity index (χ1n) is 11.3. The van der Waals surface area contributed by atoms with E-state index in [9.17, 15) is 14.7 Å². The summed E-state index contributed by atoms with van der Waals surface area (Å²) in [4.78, 5) is 33.6. The fourth-order valence-electron chi connectivity index (χ4n) is 3.79. The van der Waals surface area contributed by atoms with Crippen LogP contribution < -0.4 is 5.32 Å². The van der Waals surface area contributed by atoms with Crippen molar-refractivity contribution < 1.29 is 14.7 Å². The molecule has 0 radical (unpaired) electrons. The zero-order valence-electron chi connectivity index (χ0n) is 19.5. The Morgan fingerprint density at radius 1 is 0.882 bits per heavy atom. The minimum atomic E-state index is -0.894. The van der Waals surface area contributed by atoms with Gasteiger partial charge in [0.05, 0.1) is 34.9 Å². The van der Waals surface area contributed by atoms with Crippen LogP contribution in [0.15, 0.2) is 66.7 Å². The summed E-state index contributed by atoms with van der Waals surface area (Å²) in [5, 5.41) is 12.2. The SMILES string of the molecule is Cc1ccc(-c2nc3ccc(C(=O)NC(C)c4ccc(C)cc4)cc3nc2CCC(=O)O)cc1. The lowest BCUT2D eigenvalue weighted by Crippen LogP contribution is -2.26. The summed E-state index contributed by atoms with van der Waals surface area (Å²) in [5.41, 5.74) is 7.16. The average Bonchev–Trinajstić information content (AvgIpc) is 2.82. The minimum Gasteiger partial charge on any atom is -0.481 e. The van der Waals surface area contributed by atoms with Gasteiger partial charge in [-0.3, -0.25) is 9.59 Å². The number of hydrogen-bond acceptors (Lipinski definition) is 4. The lowest BCUT2D eigenvalue weighted by atomic mass is 10.0. The normalized spacial score (nSPS) is 11.9. The van der Waals surface area contributed by atoms with Crippen LogP contribution >= 0.6 is 0 Å². The molecule has 4 rings (SSSR count). The van der Waals surface area contributed by atoms with E-state index in [2.05, 4.69) is 5.32 Å². The predicted octanol–water partition coefficient (Wildman–Crippen LogP) is 5.42. The van der Waals surface area contributed by atoms with Crippen LogP contribution in [0.2, 0.25) is 0 Å². The van der Waals surface area contributed by atoms with E-state index in [-0.39, 0.29) is 24.8 Å². The molecule has 0 aliphatic rings. The second-order valence-electron chi connectivity index (χ2n) is 8.59. The monoisotopic (exact) mass is 453 g/mol. The van der Waals surface area contributed by atoms with Gasteiger partial charge in [0.1, 0.15) is 0 Å². The maximum atomic E-state index is 12.9. The molecular formula is C28H27N3O3. The average molecular weight is 454 g/mol. The molecule has 3 aromatic carbocycles. The number of rotatable bonds is 7. The van der Waals surface area contributed by atoms with Gasteiger partial charge in [0, 0.05) is 17.5 Å². The molecule has 1 atom stereocenters. The van der Waals surface area contributed by atoms with Crippen molar-refractivity contribution in [2.75, 3.05) is 0 Å². The lowest BCUT2D eigenvalue weighted by Gasteiger charge is -2.15. The number of aromatic nitrogens is 2. The molecule has 1 heterocycles. The molecule has 4 aromatic rings. The summed E-state index contributed by atoms with van der Waals surface area (Å²) in [7, 11) is 0. The summed E-state index contributed by atoms with van der Waals surface area (Å²) in [6.07, 6.45) is 0.204. The van der Waals surface area contributed by atoms with Crippen LogP contribution in [-0.2, 0) is 11.2 Å². The molecule has 6 heteroatoms. The van der Waals surface area contributed by atoms with Gasteiger partial charge in [-0.25, -0.2) is 9.97 Å². The van der Waals surface area contributed by atoms with Crippen molar-refractivity contribution in [2.24, 2.45) is 0 Å². The topological polar surface area (TPSA) is 92.2 Å². The Hall–Kier alpha value is -4.06. The van der Waals surface area contributed by atoms with Crippen molar-refractivity contribution in [1.82, 2.24) is 15.3 Å². The van der Waals surface area contributed by atoms with Crippen molar-refractivity contribution in [3.8, 4) is 11.3 Å². The largest absolute Gasteiger partial charge is 0.481 e. The molecule has 0 spiro atoms. The lowest BCUT2D eigenvalue weighted by molar-refractivity contribution is -0.136. The van der Waals surface area contributed by atoms with Crippen LogP contribution in [0.1, 0.15) is 52.1 Å². The van der Waals surface area contributed by atoms with E-state index in [1.165, 1.54) is 5.56 Å². The van der Waals surface area contributed by atoms with Crippen molar-refractivity contribution >= 4 is 22.9 Å². The first-order valence-corrected chi connectivity index (χ1v) is 11.3. The second-order valence-corrected chi connectivity index (χ2v) is 8.59. The first kappa shape index (κ1) is 23.1. The van der Waals surface area contributed by atoms with Crippen LogP contribution in [0.3, 0.4) is 0 Å². The fraction of sp³-hybridized carbons (Fsp3) is 0.214. The highest BCUT2D eigenvalue weighted by Crippen LogP contribution is 2.26. The maximum Gasteiger partial charge on any atom is 0.303 e. The number of benzene rings is 3. The van der Waals surface area contributed by atoms with E-state index in [1.54, 1.807) is 18.2 Å². The molecular weight excluding hydrogens is 426 g/mol. The molecule has 0 saturated heterocycles. The standard InChI is InChI=1S/C28H27N3O3/c1-17-4-8-20(9-5-17)19(3)29-28(34)22-12-13-23-25(16-22)30-24(14-15-26(32)33)27(31-23)21-10-6-18(2)7-11-21/h4-13,16,19H,14-15H2,1-3H3,(H,29,34)(H,32,33). The zero-order chi connectivity index (χ0) is 24.2. The molecule has 1 amide bonds. The van der Waals surface area contributed by atoms with Gasteiger partial charge >= 0.3 is 5.97 Å². The number of carboxylic acid groups (broad SMARTS) is 1. The molecule has 0 aliphatic heterocycles. The Bertz CT molecular complexity index is 1350. The molecule has 0 aliphatic carbocycles. The molecule has 172 valence electrons. The molecule has 0 fully saturated rings.